The van der Waals surface area contributed by atoms with Crippen molar-refractivity contribution in [1.82, 2.24) is 19.3 Å². The fourth-order valence-electron chi connectivity index (χ4n) is 2.53. The highest BCUT2D eigenvalue weighted by Gasteiger charge is 2.24. The van der Waals surface area contributed by atoms with Crippen LogP contribution in [-0.4, -0.2) is 43.6 Å². The third kappa shape index (κ3) is 1.92. The molecule has 90 valence electrons. The van der Waals surface area contributed by atoms with Crippen molar-refractivity contribution in [2.75, 3.05) is 13.2 Å². The summed E-state index contributed by atoms with van der Waals surface area (Å²) in [7, 11) is 0. The Morgan fingerprint density at radius 1 is 1.41 bits per heavy atom. The Labute approximate surface area is 99.7 Å². The lowest BCUT2D eigenvalue weighted by molar-refractivity contribution is 0.152. The van der Waals surface area contributed by atoms with E-state index in [1.807, 2.05) is 12.4 Å². The average Bonchev–Trinajstić information content (AvgIpc) is 2.97. The normalized spacial score (nSPS) is 21.4. The predicted molar refractivity (Wildman–Crippen MR) is 63.5 cm³/mol. The standard InChI is InChI=1S/C12H16N4O/c17-9-10-2-1-4-15(10)8-11-6-14-12-7-13-3-5-16(11)12/h3,5-7,10,17H,1-2,4,8-9H2/t10-/m1/s1. The van der Waals surface area contributed by atoms with E-state index in [0.29, 0.717) is 6.04 Å². The Morgan fingerprint density at radius 3 is 3.24 bits per heavy atom. The van der Waals surface area contributed by atoms with Crippen molar-refractivity contribution in [3.05, 3.63) is 30.5 Å². The van der Waals surface area contributed by atoms with Crippen LogP contribution in [0.1, 0.15) is 18.5 Å². The Morgan fingerprint density at radius 2 is 2.35 bits per heavy atom. The van der Waals surface area contributed by atoms with Gasteiger partial charge in [-0.2, -0.15) is 0 Å². The smallest absolute Gasteiger partial charge is 0.155 e. The number of aliphatic hydroxyl groups excluding tert-OH is 1. The van der Waals surface area contributed by atoms with Crippen LogP contribution >= 0.6 is 0 Å². The highest BCUT2D eigenvalue weighted by atomic mass is 16.3. The summed E-state index contributed by atoms with van der Waals surface area (Å²) in [4.78, 5) is 10.7. The molecule has 2 aromatic rings. The van der Waals surface area contributed by atoms with E-state index in [2.05, 4.69) is 19.3 Å². The topological polar surface area (TPSA) is 53.7 Å². The van der Waals surface area contributed by atoms with Crippen LogP contribution in [0.5, 0.6) is 0 Å². The SMILES string of the molecule is OC[C@H]1CCCN1Cc1cnc2cnccn12. The molecule has 0 aromatic carbocycles. The number of hydrogen-bond acceptors (Lipinski definition) is 4. The third-order valence-electron chi connectivity index (χ3n) is 3.47. The first kappa shape index (κ1) is 10.7. The average molecular weight is 232 g/mol. The zero-order chi connectivity index (χ0) is 11.7. The summed E-state index contributed by atoms with van der Waals surface area (Å²) in [5, 5.41) is 9.30. The van der Waals surface area contributed by atoms with Crippen LogP contribution < -0.4 is 0 Å². The zero-order valence-corrected chi connectivity index (χ0v) is 9.66. The van der Waals surface area contributed by atoms with Crippen LogP contribution in [0.15, 0.2) is 24.8 Å². The monoisotopic (exact) mass is 232 g/mol. The van der Waals surface area contributed by atoms with Crippen LogP contribution in [0, 0.1) is 0 Å². The summed E-state index contributed by atoms with van der Waals surface area (Å²) in [5.41, 5.74) is 2.03. The Kier molecular flexibility index (Phi) is 2.78. The Hall–Kier alpha value is -1.46. The van der Waals surface area contributed by atoms with Gasteiger partial charge in [-0.3, -0.25) is 14.3 Å². The van der Waals surface area contributed by atoms with E-state index in [9.17, 15) is 5.11 Å². The summed E-state index contributed by atoms with van der Waals surface area (Å²) in [6.07, 6.45) is 9.62. The minimum atomic E-state index is 0.248. The molecule has 1 fully saturated rings. The lowest BCUT2D eigenvalue weighted by Crippen LogP contribution is -2.32. The highest BCUT2D eigenvalue weighted by molar-refractivity contribution is 5.36. The molecule has 1 aliphatic rings. The van der Waals surface area contributed by atoms with Crippen LogP contribution in [0.3, 0.4) is 0 Å². The molecular weight excluding hydrogens is 216 g/mol. The molecule has 3 rings (SSSR count). The van der Waals surface area contributed by atoms with Crippen molar-refractivity contribution in [2.45, 2.75) is 25.4 Å². The Balaban J connectivity index is 1.85. The van der Waals surface area contributed by atoms with Crippen LogP contribution in [0.2, 0.25) is 0 Å². The number of fused-ring (bicyclic) bond motifs is 1. The van der Waals surface area contributed by atoms with Crippen molar-refractivity contribution in [3.63, 3.8) is 0 Å². The first-order chi connectivity index (χ1) is 8.38. The molecule has 1 atom stereocenters. The molecule has 5 heteroatoms. The van der Waals surface area contributed by atoms with Crippen molar-refractivity contribution >= 4 is 5.65 Å². The van der Waals surface area contributed by atoms with Gasteiger partial charge in [-0.15, -0.1) is 0 Å². The van der Waals surface area contributed by atoms with E-state index in [0.717, 1.165) is 30.9 Å². The van der Waals surface area contributed by atoms with Crippen LogP contribution in [-0.2, 0) is 6.54 Å². The second-order valence-electron chi connectivity index (χ2n) is 4.50. The fourth-order valence-corrected chi connectivity index (χ4v) is 2.53. The van der Waals surface area contributed by atoms with Gasteiger partial charge in [-0.25, -0.2) is 4.98 Å². The molecular formula is C12H16N4O. The number of likely N-dealkylation sites (tertiary alicyclic amines) is 1. The maximum atomic E-state index is 9.30. The first-order valence-corrected chi connectivity index (χ1v) is 5.99. The third-order valence-corrected chi connectivity index (χ3v) is 3.47. The number of nitrogens with zero attached hydrogens (tertiary/aromatic N) is 4. The number of rotatable bonds is 3. The van der Waals surface area contributed by atoms with E-state index in [1.165, 1.54) is 6.42 Å². The first-order valence-electron chi connectivity index (χ1n) is 5.99. The molecule has 1 saturated heterocycles. The molecule has 3 heterocycles. The van der Waals surface area contributed by atoms with Crippen molar-refractivity contribution in [2.24, 2.45) is 0 Å². The number of aliphatic hydroxyl groups is 1. The van der Waals surface area contributed by atoms with Gasteiger partial charge < -0.3 is 5.11 Å². The lowest BCUT2D eigenvalue weighted by atomic mass is 10.2. The highest BCUT2D eigenvalue weighted by Crippen LogP contribution is 2.19. The Bertz CT molecular complexity index is 510. The lowest BCUT2D eigenvalue weighted by Gasteiger charge is -2.22. The molecule has 0 spiro atoms. The van der Waals surface area contributed by atoms with E-state index in [4.69, 9.17) is 0 Å². The molecule has 1 aliphatic heterocycles. The van der Waals surface area contributed by atoms with Gasteiger partial charge in [0.05, 0.1) is 24.7 Å². The van der Waals surface area contributed by atoms with Crippen molar-refractivity contribution in [3.8, 4) is 0 Å². The molecule has 17 heavy (non-hydrogen) atoms. The fraction of sp³-hybridized carbons (Fsp3) is 0.500. The largest absolute Gasteiger partial charge is 0.395 e. The molecule has 0 bridgehead atoms. The van der Waals surface area contributed by atoms with Gasteiger partial charge in [-0.1, -0.05) is 0 Å². The second kappa shape index (κ2) is 4.43. The zero-order valence-electron chi connectivity index (χ0n) is 9.66. The molecule has 5 nitrogen and oxygen atoms in total. The minimum Gasteiger partial charge on any atom is -0.395 e. The van der Waals surface area contributed by atoms with E-state index in [-0.39, 0.29) is 6.61 Å². The van der Waals surface area contributed by atoms with Crippen molar-refractivity contribution in [1.29, 1.82) is 0 Å². The van der Waals surface area contributed by atoms with E-state index >= 15 is 0 Å². The number of hydrogen-bond donors (Lipinski definition) is 1. The quantitative estimate of drug-likeness (QED) is 0.845. The number of imidazole rings is 1. The van der Waals surface area contributed by atoms with E-state index in [1.54, 1.807) is 12.4 Å². The van der Waals surface area contributed by atoms with Gasteiger partial charge in [0.15, 0.2) is 5.65 Å². The van der Waals surface area contributed by atoms with Crippen LogP contribution in [0.25, 0.3) is 5.65 Å². The maximum Gasteiger partial charge on any atom is 0.155 e. The predicted octanol–water partition coefficient (Wildman–Crippen LogP) is 0.686. The van der Waals surface area contributed by atoms with Gasteiger partial charge in [-0.05, 0) is 19.4 Å². The van der Waals surface area contributed by atoms with Crippen LogP contribution in [0.4, 0.5) is 0 Å². The number of aromatic nitrogens is 3. The molecule has 0 aliphatic carbocycles. The van der Waals surface area contributed by atoms with Gasteiger partial charge in [0.25, 0.3) is 0 Å². The molecule has 0 unspecified atom stereocenters. The van der Waals surface area contributed by atoms with Gasteiger partial charge in [0, 0.05) is 25.0 Å². The van der Waals surface area contributed by atoms with E-state index < -0.39 is 0 Å². The van der Waals surface area contributed by atoms with Gasteiger partial charge >= 0.3 is 0 Å². The minimum absolute atomic E-state index is 0.248. The van der Waals surface area contributed by atoms with Gasteiger partial charge in [0.1, 0.15) is 0 Å². The second-order valence-corrected chi connectivity index (χ2v) is 4.50. The summed E-state index contributed by atoms with van der Waals surface area (Å²) in [6.45, 7) is 2.15. The molecule has 2 aromatic heterocycles. The maximum absolute atomic E-state index is 9.30. The molecule has 1 N–H and O–H groups in total. The summed E-state index contributed by atoms with van der Waals surface area (Å²) >= 11 is 0. The summed E-state index contributed by atoms with van der Waals surface area (Å²) < 4.78 is 2.06. The summed E-state index contributed by atoms with van der Waals surface area (Å²) in [5.74, 6) is 0. The molecule has 0 radical (unpaired) electrons. The summed E-state index contributed by atoms with van der Waals surface area (Å²) in [6, 6.07) is 0.308. The van der Waals surface area contributed by atoms with Crippen molar-refractivity contribution < 1.29 is 5.11 Å². The molecule has 0 saturated carbocycles. The van der Waals surface area contributed by atoms with Gasteiger partial charge in [0.2, 0.25) is 0 Å². The molecule has 0 amide bonds.